The molecule has 8 nitrogen and oxygen atoms in total. The van der Waals surface area contributed by atoms with Crippen LogP contribution in [0.25, 0.3) is 0 Å². The molecule has 0 heterocycles. The van der Waals surface area contributed by atoms with Gasteiger partial charge in [0.25, 0.3) is 5.91 Å². The van der Waals surface area contributed by atoms with Crippen LogP contribution in [0.2, 0.25) is 5.02 Å². The number of carbonyl (C=O) groups is 3. The molecule has 3 N–H and O–H groups in total. The maximum atomic E-state index is 12.0. The highest BCUT2D eigenvalue weighted by Crippen LogP contribution is 2.18. The zero-order valence-electron chi connectivity index (χ0n) is 15.4. The molecular weight excluding hydrogens is 396 g/mol. The second kappa shape index (κ2) is 9.70. The van der Waals surface area contributed by atoms with Crippen molar-refractivity contribution in [3.8, 4) is 5.75 Å². The Hall–Kier alpha value is -3.39. The number of halogens is 1. The molecular formula is C20H19ClN4O4. The number of amides is 3. The quantitative estimate of drug-likeness (QED) is 0.366. The highest BCUT2D eigenvalue weighted by atomic mass is 35.5. The molecule has 3 rings (SSSR count). The largest absolute Gasteiger partial charge is 0.484 e. The molecule has 1 aliphatic carbocycles. The average Bonchev–Trinajstić information content (AvgIpc) is 3.50. The van der Waals surface area contributed by atoms with Gasteiger partial charge in [0.2, 0.25) is 0 Å². The highest BCUT2D eigenvalue weighted by molar-refractivity contribution is 6.35. The molecule has 1 saturated carbocycles. The van der Waals surface area contributed by atoms with Crippen LogP contribution < -0.4 is 20.8 Å². The van der Waals surface area contributed by atoms with Gasteiger partial charge in [-0.15, -0.1) is 0 Å². The molecule has 2 aromatic carbocycles. The third kappa shape index (κ3) is 6.93. The van der Waals surface area contributed by atoms with Gasteiger partial charge < -0.3 is 15.4 Å². The molecule has 29 heavy (non-hydrogen) atoms. The molecule has 0 radical (unpaired) electrons. The summed E-state index contributed by atoms with van der Waals surface area (Å²) in [7, 11) is 0. The van der Waals surface area contributed by atoms with Crippen LogP contribution in [0.1, 0.15) is 18.4 Å². The van der Waals surface area contributed by atoms with Gasteiger partial charge in [-0.1, -0.05) is 29.8 Å². The van der Waals surface area contributed by atoms with E-state index < -0.39 is 11.8 Å². The fourth-order valence-electron chi connectivity index (χ4n) is 2.29. The van der Waals surface area contributed by atoms with Crippen molar-refractivity contribution in [1.29, 1.82) is 0 Å². The first-order valence-corrected chi connectivity index (χ1v) is 9.29. The minimum atomic E-state index is -0.821. The molecule has 0 aliphatic heterocycles. The van der Waals surface area contributed by atoms with Crippen LogP contribution in [-0.2, 0) is 14.4 Å². The Morgan fingerprint density at radius 2 is 1.90 bits per heavy atom. The number of rotatable bonds is 7. The van der Waals surface area contributed by atoms with Crippen LogP contribution in [0.3, 0.4) is 0 Å². The highest BCUT2D eigenvalue weighted by Gasteiger charge is 2.26. The summed E-state index contributed by atoms with van der Waals surface area (Å²) in [5.41, 5.74) is 3.37. The Balaban J connectivity index is 1.46. The number of nitrogens with zero attached hydrogens (tertiary/aromatic N) is 1. The number of ether oxygens (including phenoxy) is 1. The Morgan fingerprint density at radius 3 is 2.66 bits per heavy atom. The van der Waals surface area contributed by atoms with Crippen LogP contribution >= 0.6 is 11.6 Å². The van der Waals surface area contributed by atoms with Crippen molar-refractivity contribution in [2.24, 2.45) is 5.10 Å². The van der Waals surface area contributed by atoms with Crippen LogP contribution in [0.15, 0.2) is 53.6 Å². The van der Waals surface area contributed by atoms with E-state index in [0.717, 1.165) is 12.8 Å². The first-order valence-electron chi connectivity index (χ1n) is 8.92. The van der Waals surface area contributed by atoms with Crippen molar-refractivity contribution in [2.75, 3.05) is 11.9 Å². The predicted molar refractivity (Wildman–Crippen MR) is 109 cm³/mol. The lowest BCUT2D eigenvalue weighted by Crippen LogP contribution is -2.38. The maximum Gasteiger partial charge on any atom is 0.329 e. The van der Waals surface area contributed by atoms with E-state index in [-0.39, 0.29) is 18.6 Å². The molecule has 0 spiro atoms. The third-order valence-electron chi connectivity index (χ3n) is 3.83. The number of anilines is 1. The molecule has 150 valence electrons. The molecule has 2 aromatic rings. The first-order chi connectivity index (χ1) is 14.0. The summed E-state index contributed by atoms with van der Waals surface area (Å²) in [5.74, 6) is -1.40. The summed E-state index contributed by atoms with van der Waals surface area (Å²) in [5, 5.41) is 9.53. The van der Waals surface area contributed by atoms with Gasteiger partial charge in [-0.05, 0) is 48.7 Å². The van der Waals surface area contributed by atoms with Crippen LogP contribution in [-0.4, -0.2) is 36.6 Å². The molecule has 0 aromatic heterocycles. The normalized spacial score (nSPS) is 13.0. The van der Waals surface area contributed by atoms with E-state index >= 15 is 0 Å². The number of carbonyl (C=O) groups excluding carboxylic acids is 3. The standard InChI is InChI=1S/C20H19ClN4O4/c21-14-4-2-5-16(10-14)23-18(26)12-29-17-6-1-3-13(9-17)11-22-25-20(28)19(27)24-15-7-8-15/h1-6,9-11,15H,7-8,12H2,(H,23,26)(H,24,27)(H,25,28)/b22-11-. The number of hydrogen-bond acceptors (Lipinski definition) is 5. The second-order valence-electron chi connectivity index (χ2n) is 6.37. The van der Waals surface area contributed by atoms with Crippen molar-refractivity contribution in [3.05, 3.63) is 59.1 Å². The van der Waals surface area contributed by atoms with Gasteiger partial charge in [-0.2, -0.15) is 5.10 Å². The summed E-state index contributed by atoms with van der Waals surface area (Å²) in [4.78, 5) is 35.1. The molecule has 1 fully saturated rings. The van der Waals surface area contributed by atoms with Crippen molar-refractivity contribution in [3.63, 3.8) is 0 Å². The second-order valence-corrected chi connectivity index (χ2v) is 6.80. The fourth-order valence-corrected chi connectivity index (χ4v) is 2.48. The topological polar surface area (TPSA) is 109 Å². The van der Waals surface area contributed by atoms with Gasteiger partial charge in [0.1, 0.15) is 5.75 Å². The fraction of sp³-hybridized carbons (Fsp3) is 0.200. The smallest absolute Gasteiger partial charge is 0.329 e. The Kier molecular flexibility index (Phi) is 6.80. The Bertz CT molecular complexity index is 944. The van der Waals surface area contributed by atoms with Crippen LogP contribution in [0.4, 0.5) is 5.69 Å². The summed E-state index contributed by atoms with van der Waals surface area (Å²) < 4.78 is 5.47. The lowest BCUT2D eigenvalue weighted by atomic mass is 10.2. The van der Waals surface area contributed by atoms with Crippen molar-refractivity contribution in [1.82, 2.24) is 10.7 Å². The third-order valence-corrected chi connectivity index (χ3v) is 4.07. The average molecular weight is 415 g/mol. The van der Waals surface area contributed by atoms with Gasteiger partial charge in [-0.25, -0.2) is 5.43 Å². The van der Waals surface area contributed by atoms with Crippen molar-refractivity contribution >= 4 is 41.2 Å². The summed E-state index contributed by atoms with van der Waals surface area (Å²) in [6.07, 6.45) is 3.17. The van der Waals surface area contributed by atoms with E-state index in [9.17, 15) is 14.4 Å². The SMILES string of the molecule is O=C(COc1cccc(/C=N\NC(=O)C(=O)NC2CC2)c1)Nc1cccc(Cl)c1. The van der Waals surface area contributed by atoms with E-state index in [1.54, 1.807) is 48.5 Å². The molecule has 9 heteroatoms. The summed E-state index contributed by atoms with van der Waals surface area (Å²) in [6.45, 7) is -0.189. The van der Waals surface area contributed by atoms with E-state index in [4.69, 9.17) is 16.3 Å². The molecule has 0 atom stereocenters. The lowest BCUT2D eigenvalue weighted by molar-refractivity contribution is -0.139. The van der Waals surface area contributed by atoms with Gasteiger partial charge >= 0.3 is 11.8 Å². The van der Waals surface area contributed by atoms with Crippen molar-refractivity contribution in [2.45, 2.75) is 18.9 Å². The van der Waals surface area contributed by atoms with E-state index in [1.165, 1.54) is 6.21 Å². The van der Waals surface area contributed by atoms with Crippen LogP contribution in [0.5, 0.6) is 5.75 Å². The summed E-state index contributed by atoms with van der Waals surface area (Å²) >= 11 is 5.88. The van der Waals surface area contributed by atoms with Gasteiger partial charge in [-0.3, -0.25) is 14.4 Å². The number of benzene rings is 2. The number of hydrazone groups is 1. The zero-order chi connectivity index (χ0) is 20.6. The minimum Gasteiger partial charge on any atom is -0.484 e. The molecule has 3 amide bonds. The number of hydrogen-bond donors (Lipinski definition) is 3. The van der Waals surface area contributed by atoms with Gasteiger partial charge in [0.15, 0.2) is 6.61 Å². The maximum absolute atomic E-state index is 12.0. The zero-order valence-corrected chi connectivity index (χ0v) is 16.1. The minimum absolute atomic E-state index is 0.0992. The molecule has 0 bridgehead atoms. The number of nitrogens with one attached hydrogen (secondary N) is 3. The van der Waals surface area contributed by atoms with E-state index in [1.807, 2.05) is 0 Å². The van der Waals surface area contributed by atoms with Crippen LogP contribution in [0, 0.1) is 0 Å². The van der Waals surface area contributed by atoms with E-state index in [0.29, 0.717) is 22.0 Å². The van der Waals surface area contributed by atoms with Gasteiger partial charge in [0, 0.05) is 16.8 Å². The van der Waals surface area contributed by atoms with Crippen molar-refractivity contribution < 1.29 is 19.1 Å². The molecule has 1 aliphatic rings. The van der Waals surface area contributed by atoms with E-state index in [2.05, 4.69) is 21.2 Å². The predicted octanol–water partition coefficient (Wildman–Crippen LogP) is 2.09. The molecule has 0 saturated heterocycles. The monoisotopic (exact) mass is 414 g/mol. The Labute approximate surface area is 172 Å². The Morgan fingerprint density at radius 1 is 1.10 bits per heavy atom. The molecule has 0 unspecified atom stereocenters. The van der Waals surface area contributed by atoms with Gasteiger partial charge in [0.05, 0.1) is 6.21 Å². The lowest BCUT2D eigenvalue weighted by Gasteiger charge is -2.08. The summed E-state index contributed by atoms with van der Waals surface area (Å²) in [6, 6.07) is 13.7. The first kappa shape index (κ1) is 20.3.